The fourth-order valence-electron chi connectivity index (χ4n) is 2.34. The smallest absolute Gasteiger partial charge is 0.272 e. The number of amides is 1. The van der Waals surface area contributed by atoms with Gasteiger partial charge in [0.1, 0.15) is 11.5 Å². The first-order valence-corrected chi connectivity index (χ1v) is 6.07. The minimum atomic E-state index is -0.326. The van der Waals surface area contributed by atoms with Crippen molar-refractivity contribution in [1.82, 2.24) is 9.88 Å². The topological polar surface area (TPSA) is 68.5 Å². The lowest BCUT2D eigenvalue weighted by atomic mass is 10.1. The van der Waals surface area contributed by atoms with Gasteiger partial charge in [0.15, 0.2) is 0 Å². The Balaban J connectivity index is 0.00000180. The van der Waals surface area contributed by atoms with Crippen LogP contribution < -0.4 is 5.73 Å². The number of halogens is 1. The van der Waals surface area contributed by atoms with Crippen LogP contribution >= 0.6 is 12.4 Å². The van der Waals surface area contributed by atoms with Crippen molar-refractivity contribution >= 4 is 24.1 Å². The molecule has 1 atom stereocenters. The molecule has 1 amide bonds. The zero-order valence-corrected chi connectivity index (χ0v) is 12.2. The molecule has 0 spiro atoms. The van der Waals surface area contributed by atoms with Gasteiger partial charge in [-0.05, 0) is 32.9 Å². The van der Waals surface area contributed by atoms with Gasteiger partial charge in [0.2, 0.25) is 0 Å². The predicted octanol–water partition coefficient (Wildman–Crippen LogP) is 1.73. The van der Waals surface area contributed by atoms with Crippen molar-refractivity contribution < 1.29 is 9.53 Å². The molecule has 1 aliphatic heterocycles. The van der Waals surface area contributed by atoms with Gasteiger partial charge in [-0.3, -0.25) is 4.79 Å². The molecule has 0 radical (unpaired) electrons. The van der Waals surface area contributed by atoms with Crippen LogP contribution in [0.1, 0.15) is 31.3 Å². The standard InChI is InChI=1S/C13H19N3O2.ClH/c1-9-7-16(8-13(2,3)18-9)12(17)10-5-4-6-11(14)15-10;/h4-6,9H,7-8H2,1-3H3,(H2,14,15);1H. The van der Waals surface area contributed by atoms with E-state index in [1.807, 2.05) is 20.8 Å². The number of nitrogen functional groups attached to an aromatic ring is 1. The quantitative estimate of drug-likeness (QED) is 0.853. The van der Waals surface area contributed by atoms with Crippen LogP contribution in [0.3, 0.4) is 0 Å². The average Bonchev–Trinajstić information content (AvgIpc) is 2.25. The first-order chi connectivity index (χ1) is 8.37. The van der Waals surface area contributed by atoms with Crippen LogP contribution in [0, 0.1) is 0 Å². The summed E-state index contributed by atoms with van der Waals surface area (Å²) in [6, 6.07) is 5.10. The third-order valence-corrected chi connectivity index (χ3v) is 2.85. The summed E-state index contributed by atoms with van der Waals surface area (Å²) in [6.07, 6.45) is 0.0266. The normalized spacial score (nSPS) is 21.6. The number of carbonyl (C=O) groups excluding carboxylic acids is 1. The molecule has 19 heavy (non-hydrogen) atoms. The molecular weight excluding hydrogens is 266 g/mol. The highest BCUT2D eigenvalue weighted by molar-refractivity contribution is 5.92. The summed E-state index contributed by atoms with van der Waals surface area (Å²) in [6.45, 7) is 7.07. The molecule has 6 heteroatoms. The second kappa shape index (κ2) is 5.75. The lowest BCUT2D eigenvalue weighted by Crippen LogP contribution is -2.53. The average molecular weight is 286 g/mol. The van der Waals surface area contributed by atoms with E-state index in [0.717, 1.165) is 0 Å². The van der Waals surface area contributed by atoms with Gasteiger partial charge >= 0.3 is 0 Å². The Labute approximate surface area is 119 Å². The second-order valence-electron chi connectivity index (χ2n) is 5.32. The molecule has 1 fully saturated rings. The Morgan fingerprint density at radius 3 is 2.79 bits per heavy atom. The first kappa shape index (κ1) is 15.7. The number of nitrogens with two attached hydrogens (primary N) is 1. The number of pyridine rings is 1. The predicted molar refractivity (Wildman–Crippen MR) is 76.4 cm³/mol. The van der Waals surface area contributed by atoms with Crippen molar-refractivity contribution in [3.05, 3.63) is 23.9 Å². The summed E-state index contributed by atoms with van der Waals surface area (Å²) in [5, 5.41) is 0. The molecule has 2 N–H and O–H groups in total. The molecule has 1 aliphatic rings. The van der Waals surface area contributed by atoms with Crippen molar-refractivity contribution in [2.24, 2.45) is 0 Å². The third kappa shape index (κ3) is 3.81. The van der Waals surface area contributed by atoms with Crippen LogP contribution in [-0.2, 0) is 4.74 Å². The van der Waals surface area contributed by atoms with Gasteiger partial charge in [0.25, 0.3) is 5.91 Å². The Hall–Kier alpha value is -1.33. The summed E-state index contributed by atoms with van der Waals surface area (Å²) in [5.41, 5.74) is 5.66. The number of aromatic nitrogens is 1. The number of anilines is 1. The maximum atomic E-state index is 12.3. The Kier molecular flexibility index (Phi) is 4.76. The lowest BCUT2D eigenvalue weighted by Gasteiger charge is -2.41. The van der Waals surface area contributed by atoms with Gasteiger partial charge in [0, 0.05) is 13.1 Å². The van der Waals surface area contributed by atoms with Crippen LogP contribution in [-0.4, -0.2) is 40.6 Å². The van der Waals surface area contributed by atoms with E-state index >= 15 is 0 Å². The minimum absolute atomic E-state index is 0. The molecule has 0 bridgehead atoms. The maximum Gasteiger partial charge on any atom is 0.272 e. The molecule has 1 aromatic rings. The Morgan fingerprint density at radius 1 is 1.53 bits per heavy atom. The Bertz CT molecular complexity index is 465. The molecule has 2 heterocycles. The SMILES string of the molecule is CC1CN(C(=O)c2cccc(N)n2)CC(C)(C)O1.Cl. The monoisotopic (exact) mass is 285 g/mol. The summed E-state index contributed by atoms with van der Waals surface area (Å²) < 4.78 is 5.77. The van der Waals surface area contributed by atoms with E-state index in [9.17, 15) is 4.79 Å². The van der Waals surface area contributed by atoms with Gasteiger partial charge in [-0.15, -0.1) is 12.4 Å². The summed E-state index contributed by atoms with van der Waals surface area (Å²) in [4.78, 5) is 18.2. The van der Waals surface area contributed by atoms with Gasteiger partial charge in [-0.2, -0.15) is 0 Å². The van der Waals surface area contributed by atoms with Crippen molar-refractivity contribution in [2.45, 2.75) is 32.5 Å². The van der Waals surface area contributed by atoms with Crippen molar-refractivity contribution in [1.29, 1.82) is 0 Å². The van der Waals surface area contributed by atoms with Crippen LogP contribution in [0.2, 0.25) is 0 Å². The zero-order chi connectivity index (χ0) is 13.3. The van der Waals surface area contributed by atoms with E-state index in [0.29, 0.717) is 24.6 Å². The van der Waals surface area contributed by atoms with E-state index in [1.54, 1.807) is 23.1 Å². The zero-order valence-electron chi connectivity index (χ0n) is 11.4. The van der Waals surface area contributed by atoms with Crippen LogP contribution in [0.4, 0.5) is 5.82 Å². The number of hydrogen-bond acceptors (Lipinski definition) is 4. The van der Waals surface area contributed by atoms with Crippen molar-refractivity contribution in [2.75, 3.05) is 18.8 Å². The van der Waals surface area contributed by atoms with E-state index in [1.165, 1.54) is 0 Å². The highest BCUT2D eigenvalue weighted by Gasteiger charge is 2.34. The fraction of sp³-hybridized carbons (Fsp3) is 0.538. The van der Waals surface area contributed by atoms with E-state index < -0.39 is 0 Å². The number of morpholine rings is 1. The molecule has 1 aromatic heterocycles. The van der Waals surface area contributed by atoms with Crippen molar-refractivity contribution in [3.8, 4) is 0 Å². The third-order valence-electron chi connectivity index (χ3n) is 2.85. The molecular formula is C13H20ClN3O2. The molecule has 0 saturated carbocycles. The number of carbonyl (C=O) groups is 1. The first-order valence-electron chi connectivity index (χ1n) is 6.07. The molecule has 0 aromatic carbocycles. The van der Waals surface area contributed by atoms with Gasteiger partial charge < -0.3 is 15.4 Å². The highest BCUT2D eigenvalue weighted by atomic mass is 35.5. The molecule has 0 aliphatic carbocycles. The summed E-state index contributed by atoms with van der Waals surface area (Å²) >= 11 is 0. The van der Waals surface area contributed by atoms with Crippen LogP contribution in [0.25, 0.3) is 0 Å². The highest BCUT2D eigenvalue weighted by Crippen LogP contribution is 2.22. The van der Waals surface area contributed by atoms with Gasteiger partial charge in [-0.1, -0.05) is 6.07 Å². The van der Waals surface area contributed by atoms with Gasteiger partial charge in [-0.25, -0.2) is 4.98 Å². The molecule has 2 rings (SSSR count). The van der Waals surface area contributed by atoms with Crippen LogP contribution in [0.5, 0.6) is 0 Å². The van der Waals surface area contributed by atoms with E-state index in [-0.39, 0.29) is 30.0 Å². The second-order valence-corrected chi connectivity index (χ2v) is 5.32. The summed E-state index contributed by atoms with van der Waals surface area (Å²) in [7, 11) is 0. The lowest BCUT2D eigenvalue weighted by molar-refractivity contribution is -0.118. The number of nitrogens with zero attached hydrogens (tertiary/aromatic N) is 2. The fourth-order valence-corrected chi connectivity index (χ4v) is 2.34. The Morgan fingerprint density at radius 2 is 2.21 bits per heavy atom. The maximum absolute atomic E-state index is 12.3. The summed E-state index contributed by atoms with van der Waals surface area (Å²) in [5.74, 6) is 0.270. The molecule has 106 valence electrons. The molecule has 1 saturated heterocycles. The largest absolute Gasteiger partial charge is 0.384 e. The van der Waals surface area contributed by atoms with E-state index in [4.69, 9.17) is 10.5 Å². The van der Waals surface area contributed by atoms with Crippen LogP contribution in [0.15, 0.2) is 18.2 Å². The molecule has 5 nitrogen and oxygen atoms in total. The number of hydrogen-bond donors (Lipinski definition) is 1. The minimum Gasteiger partial charge on any atom is -0.384 e. The van der Waals surface area contributed by atoms with Gasteiger partial charge in [0.05, 0.1) is 11.7 Å². The molecule has 1 unspecified atom stereocenters. The van der Waals surface area contributed by atoms with Crippen molar-refractivity contribution in [3.63, 3.8) is 0 Å². The van der Waals surface area contributed by atoms with E-state index in [2.05, 4.69) is 4.98 Å². The number of rotatable bonds is 1. The number of ether oxygens (including phenoxy) is 1.